The molecule has 0 bridgehead atoms. The molecule has 0 aromatic heterocycles. The van der Waals surface area contributed by atoms with E-state index in [9.17, 15) is 4.79 Å². The van der Waals surface area contributed by atoms with Crippen LogP contribution in [0, 0.1) is 6.92 Å². The number of thioether (sulfide) groups is 1. The zero-order valence-corrected chi connectivity index (χ0v) is 12.7. The summed E-state index contributed by atoms with van der Waals surface area (Å²) < 4.78 is 0. The second-order valence-electron chi connectivity index (χ2n) is 5.38. The highest BCUT2D eigenvalue weighted by atomic mass is 32.2. The first-order chi connectivity index (χ1) is 9.18. The van der Waals surface area contributed by atoms with E-state index in [1.54, 1.807) is 0 Å². The van der Waals surface area contributed by atoms with E-state index in [0.29, 0.717) is 6.04 Å². The van der Waals surface area contributed by atoms with Gasteiger partial charge >= 0.3 is 0 Å². The zero-order valence-electron chi connectivity index (χ0n) is 11.9. The summed E-state index contributed by atoms with van der Waals surface area (Å²) in [7, 11) is 1.96. The Balaban J connectivity index is 1.85. The third kappa shape index (κ3) is 4.00. The van der Waals surface area contributed by atoms with Crippen molar-refractivity contribution < 1.29 is 4.79 Å². The van der Waals surface area contributed by atoms with Gasteiger partial charge in [-0.15, -0.1) is 0 Å². The van der Waals surface area contributed by atoms with Crippen LogP contribution in [0.5, 0.6) is 0 Å². The normalized spacial score (nSPS) is 16.3. The largest absolute Gasteiger partial charge is 0.334 e. The molecule has 2 rings (SSSR count). The predicted octanol–water partition coefficient (Wildman–Crippen LogP) is 4.61. The van der Waals surface area contributed by atoms with Crippen molar-refractivity contribution in [1.82, 2.24) is 4.90 Å². The highest BCUT2D eigenvalue weighted by Gasteiger charge is 2.22. The molecule has 1 saturated carbocycles. The van der Waals surface area contributed by atoms with Crippen LogP contribution in [-0.4, -0.2) is 23.2 Å². The predicted molar refractivity (Wildman–Crippen MR) is 82.5 cm³/mol. The van der Waals surface area contributed by atoms with E-state index < -0.39 is 0 Å². The third-order valence-electron chi connectivity index (χ3n) is 4.02. The van der Waals surface area contributed by atoms with Crippen molar-refractivity contribution in [1.29, 1.82) is 0 Å². The standard InChI is InChI=1S/C16H23NOS/c1-13-8-6-7-9-14(13)12-19-16(18)17(2)15-10-4-3-5-11-15/h6-9,15H,3-5,10-12H2,1-2H3. The summed E-state index contributed by atoms with van der Waals surface area (Å²) >= 11 is 1.43. The van der Waals surface area contributed by atoms with Gasteiger partial charge in [0.15, 0.2) is 0 Å². The second-order valence-corrected chi connectivity index (χ2v) is 6.31. The molecule has 0 radical (unpaired) electrons. The van der Waals surface area contributed by atoms with Crippen LogP contribution in [-0.2, 0) is 5.75 Å². The van der Waals surface area contributed by atoms with Gasteiger partial charge in [0.05, 0.1) is 0 Å². The number of aryl methyl sites for hydroxylation is 1. The molecular weight excluding hydrogens is 254 g/mol. The SMILES string of the molecule is Cc1ccccc1CSC(=O)N(C)C1CCCCC1. The first-order valence-electron chi connectivity index (χ1n) is 7.12. The fraction of sp³-hybridized carbons (Fsp3) is 0.562. The van der Waals surface area contributed by atoms with Crippen molar-refractivity contribution in [2.45, 2.75) is 50.8 Å². The minimum absolute atomic E-state index is 0.218. The number of benzene rings is 1. The molecule has 0 aliphatic heterocycles. The third-order valence-corrected chi connectivity index (χ3v) is 5.01. The van der Waals surface area contributed by atoms with Gasteiger partial charge < -0.3 is 4.90 Å². The summed E-state index contributed by atoms with van der Waals surface area (Å²) in [6.45, 7) is 2.10. The van der Waals surface area contributed by atoms with Crippen LogP contribution in [0.2, 0.25) is 0 Å². The van der Waals surface area contributed by atoms with Crippen molar-refractivity contribution in [2.24, 2.45) is 0 Å². The van der Waals surface area contributed by atoms with Crippen molar-refractivity contribution in [3.63, 3.8) is 0 Å². The van der Waals surface area contributed by atoms with Crippen molar-refractivity contribution >= 4 is 17.0 Å². The number of hydrogen-bond acceptors (Lipinski definition) is 2. The monoisotopic (exact) mass is 277 g/mol. The molecule has 1 aromatic carbocycles. The maximum absolute atomic E-state index is 12.2. The topological polar surface area (TPSA) is 20.3 Å². The maximum atomic E-state index is 12.2. The Hall–Kier alpha value is -0.960. The number of amides is 1. The highest BCUT2D eigenvalue weighted by molar-refractivity contribution is 8.12. The molecule has 1 aromatic rings. The molecule has 104 valence electrons. The van der Waals surface area contributed by atoms with Crippen molar-refractivity contribution in [3.05, 3.63) is 35.4 Å². The number of nitrogens with zero attached hydrogens (tertiary/aromatic N) is 1. The van der Waals surface area contributed by atoms with Crippen LogP contribution in [0.4, 0.5) is 4.79 Å². The molecule has 0 heterocycles. The molecule has 0 saturated heterocycles. The number of rotatable bonds is 3. The van der Waals surface area contributed by atoms with E-state index in [2.05, 4.69) is 19.1 Å². The van der Waals surface area contributed by atoms with Gasteiger partial charge in [-0.1, -0.05) is 55.3 Å². The van der Waals surface area contributed by atoms with E-state index >= 15 is 0 Å². The average Bonchev–Trinajstić information content (AvgIpc) is 2.46. The first-order valence-corrected chi connectivity index (χ1v) is 8.11. The molecule has 3 heteroatoms. The summed E-state index contributed by atoms with van der Waals surface area (Å²) in [5.74, 6) is 0.780. The van der Waals surface area contributed by atoms with Crippen LogP contribution in [0.15, 0.2) is 24.3 Å². The minimum Gasteiger partial charge on any atom is -0.334 e. The number of carbonyl (C=O) groups excluding carboxylic acids is 1. The van der Waals surface area contributed by atoms with Crippen LogP contribution >= 0.6 is 11.8 Å². The van der Waals surface area contributed by atoms with E-state index in [0.717, 1.165) is 5.75 Å². The Kier molecular flexibility index (Phi) is 5.32. The fourth-order valence-electron chi connectivity index (χ4n) is 2.63. The van der Waals surface area contributed by atoms with Crippen molar-refractivity contribution in [2.75, 3.05) is 7.05 Å². The van der Waals surface area contributed by atoms with Gasteiger partial charge in [0.1, 0.15) is 0 Å². The Morgan fingerprint density at radius 2 is 1.95 bits per heavy atom. The molecule has 1 amide bonds. The van der Waals surface area contributed by atoms with Gasteiger partial charge in [0, 0.05) is 18.8 Å². The molecule has 1 fully saturated rings. The summed E-state index contributed by atoms with van der Waals surface area (Å²) in [6.07, 6.45) is 6.21. The Bertz CT molecular complexity index is 427. The minimum atomic E-state index is 0.218. The lowest BCUT2D eigenvalue weighted by atomic mass is 9.95. The lowest BCUT2D eigenvalue weighted by Gasteiger charge is -2.30. The summed E-state index contributed by atoms with van der Waals surface area (Å²) in [5.41, 5.74) is 2.53. The molecule has 1 aliphatic carbocycles. The molecule has 0 N–H and O–H groups in total. The summed E-state index contributed by atoms with van der Waals surface area (Å²) in [5, 5.41) is 0.218. The first kappa shape index (κ1) is 14.4. The molecule has 0 spiro atoms. The molecule has 1 aliphatic rings. The fourth-order valence-corrected chi connectivity index (χ4v) is 3.59. The Morgan fingerprint density at radius 3 is 2.63 bits per heavy atom. The van der Waals surface area contributed by atoms with Crippen LogP contribution in [0.1, 0.15) is 43.2 Å². The summed E-state index contributed by atoms with van der Waals surface area (Å²) in [6, 6.07) is 8.75. The average molecular weight is 277 g/mol. The van der Waals surface area contributed by atoms with Gasteiger partial charge in [0.25, 0.3) is 5.24 Å². The number of hydrogen-bond donors (Lipinski definition) is 0. The Labute approximate surface area is 120 Å². The molecule has 0 unspecified atom stereocenters. The molecule has 19 heavy (non-hydrogen) atoms. The van der Waals surface area contributed by atoms with Gasteiger partial charge in [-0.25, -0.2) is 0 Å². The second kappa shape index (κ2) is 6.99. The lowest BCUT2D eigenvalue weighted by molar-refractivity contribution is 0.196. The van der Waals surface area contributed by atoms with Crippen LogP contribution < -0.4 is 0 Å². The van der Waals surface area contributed by atoms with Gasteiger partial charge in [-0.05, 0) is 30.9 Å². The van der Waals surface area contributed by atoms with E-state index in [-0.39, 0.29) is 5.24 Å². The quantitative estimate of drug-likeness (QED) is 0.804. The van der Waals surface area contributed by atoms with E-state index in [1.807, 2.05) is 24.1 Å². The molecule has 0 atom stereocenters. The molecule has 2 nitrogen and oxygen atoms in total. The van der Waals surface area contributed by atoms with Crippen molar-refractivity contribution in [3.8, 4) is 0 Å². The van der Waals surface area contributed by atoms with Crippen LogP contribution in [0.25, 0.3) is 0 Å². The number of carbonyl (C=O) groups is 1. The van der Waals surface area contributed by atoms with Gasteiger partial charge in [-0.3, -0.25) is 4.79 Å². The van der Waals surface area contributed by atoms with Gasteiger partial charge in [-0.2, -0.15) is 0 Å². The summed E-state index contributed by atoms with van der Waals surface area (Å²) in [4.78, 5) is 14.2. The Morgan fingerprint density at radius 1 is 1.26 bits per heavy atom. The lowest BCUT2D eigenvalue weighted by Crippen LogP contribution is -2.36. The maximum Gasteiger partial charge on any atom is 0.281 e. The molecular formula is C16H23NOS. The highest BCUT2D eigenvalue weighted by Crippen LogP contribution is 2.25. The zero-order chi connectivity index (χ0) is 13.7. The van der Waals surface area contributed by atoms with Crippen LogP contribution in [0.3, 0.4) is 0 Å². The smallest absolute Gasteiger partial charge is 0.281 e. The van der Waals surface area contributed by atoms with Gasteiger partial charge in [0.2, 0.25) is 0 Å². The van der Waals surface area contributed by atoms with E-state index in [4.69, 9.17) is 0 Å². The van der Waals surface area contributed by atoms with E-state index in [1.165, 1.54) is 55.0 Å².